The number of furan rings is 1. The fraction of sp³-hybridized carbons (Fsp3) is 0.375. The fourth-order valence-electron chi connectivity index (χ4n) is 1.79. The Bertz CT molecular complexity index is 622. The first kappa shape index (κ1) is 19.7. The van der Waals surface area contributed by atoms with Gasteiger partial charge in [0.05, 0.1) is 12.8 Å². The van der Waals surface area contributed by atoms with Gasteiger partial charge in [-0.15, -0.1) is 35.3 Å². The van der Waals surface area contributed by atoms with Crippen molar-refractivity contribution in [1.82, 2.24) is 15.6 Å². The SMILES string of the molecule is C=C(C)CNC(=NCc1ncc(C)s1)NCCc1ccco1.I. The van der Waals surface area contributed by atoms with Crippen molar-refractivity contribution in [2.24, 2.45) is 4.99 Å². The number of guanidine groups is 1. The monoisotopic (exact) mass is 446 g/mol. The summed E-state index contributed by atoms with van der Waals surface area (Å²) in [5.74, 6) is 1.73. The lowest BCUT2D eigenvalue weighted by Gasteiger charge is -2.11. The smallest absolute Gasteiger partial charge is 0.191 e. The number of aryl methyl sites for hydroxylation is 1. The van der Waals surface area contributed by atoms with Gasteiger partial charge in [-0.25, -0.2) is 9.98 Å². The number of halogens is 1. The fourth-order valence-corrected chi connectivity index (χ4v) is 2.50. The highest BCUT2D eigenvalue weighted by molar-refractivity contribution is 14.0. The maximum absolute atomic E-state index is 5.32. The lowest BCUT2D eigenvalue weighted by Crippen LogP contribution is -2.39. The molecule has 0 unspecified atom stereocenters. The van der Waals surface area contributed by atoms with Crippen LogP contribution in [-0.2, 0) is 13.0 Å². The molecule has 2 rings (SSSR count). The van der Waals surface area contributed by atoms with Crippen LogP contribution in [0.4, 0.5) is 0 Å². The molecule has 23 heavy (non-hydrogen) atoms. The van der Waals surface area contributed by atoms with Crippen LogP contribution < -0.4 is 10.6 Å². The van der Waals surface area contributed by atoms with Gasteiger partial charge in [0.1, 0.15) is 10.8 Å². The van der Waals surface area contributed by atoms with Crippen LogP contribution in [0.25, 0.3) is 0 Å². The summed E-state index contributed by atoms with van der Waals surface area (Å²) in [6.07, 6.45) is 4.38. The molecular formula is C16H23IN4OS. The van der Waals surface area contributed by atoms with Crippen LogP contribution in [0.3, 0.4) is 0 Å². The quantitative estimate of drug-likeness (QED) is 0.296. The Morgan fingerprint density at radius 2 is 2.26 bits per heavy atom. The minimum absolute atomic E-state index is 0. The van der Waals surface area contributed by atoms with Crippen LogP contribution in [0.1, 0.15) is 22.6 Å². The van der Waals surface area contributed by atoms with E-state index in [1.807, 2.05) is 32.2 Å². The molecule has 0 aliphatic rings. The summed E-state index contributed by atoms with van der Waals surface area (Å²) in [7, 11) is 0. The second kappa shape index (κ2) is 10.4. The number of aliphatic imine (C=N–C) groups is 1. The van der Waals surface area contributed by atoms with Gasteiger partial charge in [0, 0.05) is 30.6 Å². The Morgan fingerprint density at radius 1 is 1.43 bits per heavy atom. The standard InChI is InChI=1S/C16H22N4OS.HI/c1-12(2)9-19-16(17-7-6-14-5-4-8-21-14)20-11-15-18-10-13(3)22-15;/h4-5,8,10H,1,6-7,9,11H2,2-3H3,(H2,17,19,20);1H. The molecule has 0 amide bonds. The first-order valence-corrected chi connectivity index (χ1v) is 8.05. The van der Waals surface area contributed by atoms with Gasteiger partial charge in [0.2, 0.25) is 0 Å². The van der Waals surface area contributed by atoms with Crippen LogP contribution in [0, 0.1) is 6.92 Å². The average Bonchev–Trinajstić information content (AvgIpc) is 3.12. The Balaban J connectivity index is 0.00000264. The van der Waals surface area contributed by atoms with Crippen molar-refractivity contribution in [3.63, 3.8) is 0 Å². The number of nitrogens with zero attached hydrogens (tertiary/aromatic N) is 2. The lowest BCUT2D eigenvalue weighted by atomic mass is 10.3. The zero-order valence-electron chi connectivity index (χ0n) is 13.5. The van der Waals surface area contributed by atoms with Crippen molar-refractivity contribution < 1.29 is 4.42 Å². The molecule has 0 saturated heterocycles. The molecule has 0 bridgehead atoms. The summed E-state index contributed by atoms with van der Waals surface area (Å²) in [6, 6.07) is 3.87. The summed E-state index contributed by atoms with van der Waals surface area (Å²) in [6.45, 7) is 9.96. The molecule has 0 radical (unpaired) electrons. The third-order valence-electron chi connectivity index (χ3n) is 2.84. The topological polar surface area (TPSA) is 62.5 Å². The van der Waals surface area contributed by atoms with Crippen LogP contribution >= 0.6 is 35.3 Å². The zero-order valence-corrected chi connectivity index (χ0v) is 16.6. The van der Waals surface area contributed by atoms with Crippen molar-refractivity contribution >= 4 is 41.3 Å². The molecule has 2 heterocycles. The number of thiazole rings is 1. The number of hydrogen-bond acceptors (Lipinski definition) is 4. The van der Waals surface area contributed by atoms with E-state index in [1.165, 1.54) is 4.88 Å². The van der Waals surface area contributed by atoms with Crippen LogP contribution in [0.15, 0.2) is 46.2 Å². The minimum Gasteiger partial charge on any atom is -0.469 e. The highest BCUT2D eigenvalue weighted by atomic mass is 127. The van der Waals surface area contributed by atoms with Crippen LogP contribution in [-0.4, -0.2) is 24.0 Å². The maximum atomic E-state index is 5.32. The highest BCUT2D eigenvalue weighted by Gasteiger charge is 2.02. The number of hydrogen-bond donors (Lipinski definition) is 2. The summed E-state index contributed by atoms with van der Waals surface area (Å²) in [5.41, 5.74) is 1.06. The third kappa shape index (κ3) is 7.65. The Hall–Kier alpha value is -1.35. The van der Waals surface area contributed by atoms with Gasteiger partial charge in [0.15, 0.2) is 5.96 Å². The number of aromatic nitrogens is 1. The normalized spacial score (nSPS) is 11.0. The summed E-state index contributed by atoms with van der Waals surface area (Å²) in [4.78, 5) is 10.1. The molecule has 126 valence electrons. The second-order valence-electron chi connectivity index (χ2n) is 5.10. The molecule has 0 aliphatic heterocycles. The predicted molar refractivity (Wildman–Crippen MR) is 107 cm³/mol. The lowest BCUT2D eigenvalue weighted by molar-refractivity contribution is 0.507. The molecule has 0 saturated carbocycles. The van der Waals surface area contributed by atoms with Gasteiger partial charge < -0.3 is 15.1 Å². The molecule has 2 aromatic heterocycles. The first-order chi connectivity index (χ1) is 10.6. The van der Waals surface area contributed by atoms with Gasteiger partial charge in [-0.3, -0.25) is 0 Å². The van der Waals surface area contributed by atoms with Crippen molar-refractivity contribution in [3.05, 3.63) is 52.4 Å². The van der Waals surface area contributed by atoms with Crippen LogP contribution in [0.2, 0.25) is 0 Å². The summed E-state index contributed by atoms with van der Waals surface area (Å²) >= 11 is 1.67. The molecule has 0 aromatic carbocycles. The average molecular weight is 446 g/mol. The summed E-state index contributed by atoms with van der Waals surface area (Å²) in [5, 5.41) is 7.58. The van der Waals surface area contributed by atoms with Crippen molar-refractivity contribution in [2.45, 2.75) is 26.8 Å². The molecule has 0 fully saturated rings. The number of nitrogens with one attached hydrogen (secondary N) is 2. The van der Waals surface area contributed by atoms with Crippen molar-refractivity contribution in [3.8, 4) is 0 Å². The van der Waals surface area contributed by atoms with E-state index in [9.17, 15) is 0 Å². The predicted octanol–water partition coefficient (Wildman–Crippen LogP) is 3.52. The van der Waals surface area contributed by atoms with Crippen molar-refractivity contribution in [1.29, 1.82) is 0 Å². The Kier molecular flexibility index (Phi) is 8.93. The summed E-state index contributed by atoms with van der Waals surface area (Å²) < 4.78 is 5.32. The van der Waals surface area contributed by atoms with Gasteiger partial charge >= 0.3 is 0 Å². The van der Waals surface area contributed by atoms with Gasteiger partial charge in [0.25, 0.3) is 0 Å². The molecule has 2 aromatic rings. The molecule has 5 nitrogen and oxygen atoms in total. The third-order valence-corrected chi connectivity index (χ3v) is 3.74. The molecule has 2 N–H and O–H groups in total. The van der Waals surface area contributed by atoms with Gasteiger partial charge in [-0.1, -0.05) is 12.2 Å². The van der Waals surface area contributed by atoms with E-state index >= 15 is 0 Å². The second-order valence-corrected chi connectivity index (χ2v) is 6.42. The highest BCUT2D eigenvalue weighted by Crippen LogP contribution is 2.11. The van der Waals surface area contributed by atoms with Crippen LogP contribution in [0.5, 0.6) is 0 Å². The molecule has 0 spiro atoms. The molecule has 7 heteroatoms. The van der Waals surface area contributed by atoms with Gasteiger partial charge in [-0.2, -0.15) is 0 Å². The van der Waals surface area contributed by atoms with E-state index in [0.29, 0.717) is 13.1 Å². The molecule has 0 atom stereocenters. The van der Waals surface area contributed by atoms with Gasteiger partial charge in [-0.05, 0) is 26.0 Å². The van der Waals surface area contributed by atoms with E-state index in [0.717, 1.165) is 35.3 Å². The van der Waals surface area contributed by atoms with E-state index in [2.05, 4.69) is 27.2 Å². The zero-order chi connectivity index (χ0) is 15.8. The Labute approximate surface area is 158 Å². The van der Waals surface area contributed by atoms with Crippen molar-refractivity contribution in [2.75, 3.05) is 13.1 Å². The van der Waals surface area contributed by atoms with E-state index in [4.69, 9.17) is 4.42 Å². The Morgan fingerprint density at radius 3 is 2.87 bits per heavy atom. The number of rotatable bonds is 7. The largest absolute Gasteiger partial charge is 0.469 e. The molecular weight excluding hydrogens is 423 g/mol. The molecule has 0 aliphatic carbocycles. The van der Waals surface area contributed by atoms with E-state index < -0.39 is 0 Å². The van der Waals surface area contributed by atoms with E-state index in [1.54, 1.807) is 17.6 Å². The minimum atomic E-state index is 0. The van der Waals surface area contributed by atoms with E-state index in [-0.39, 0.29) is 24.0 Å². The maximum Gasteiger partial charge on any atom is 0.191 e. The first-order valence-electron chi connectivity index (χ1n) is 7.24.